The smallest absolute Gasteiger partial charge is 0.249 e. The molecular weight excluding hydrogens is 318 g/mol. The standard InChI is InChI=1S/C17H19N7O/c1-23(2)14-7-6-12(11-20-14)15-21-16(25-22-15)13-5-3-10-24(13)17-18-8-4-9-19-17/h4,6-9,11,13H,3,5,10H2,1-2H3. The van der Waals surface area contributed by atoms with Gasteiger partial charge in [0.05, 0.1) is 0 Å². The van der Waals surface area contributed by atoms with E-state index in [2.05, 4.69) is 30.0 Å². The molecule has 1 aliphatic heterocycles. The minimum absolute atomic E-state index is 0.0117. The third-order valence-electron chi connectivity index (χ3n) is 4.25. The second kappa shape index (κ2) is 6.46. The van der Waals surface area contributed by atoms with Crippen molar-refractivity contribution in [1.29, 1.82) is 0 Å². The van der Waals surface area contributed by atoms with Crippen LogP contribution >= 0.6 is 0 Å². The molecule has 0 saturated carbocycles. The van der Waals surface area contributed by atoms with Crippen molar-refractivity contribution >= 4 is 11.8 Å². The van der Waals surface area contributed by atoms with Crippen LogP contribution in [-0.4, -0.2) is 45.7 Å². The van der Waals surface area contributed by atoms with Crippen LogP contribution < -0.4 is 9.80 Å². The molecule has 8 nitrogen and oxygen atoms in total. The monoisotopic (exact) mass is 337 g/mol. The highest BCUT2D eigenvalue weighted by molar-refractivity contribution is 5.55. The second-order valence-corrected chi connectivity index (χ2v) is 6.16. The molecule has 0 radical (unpaired) electrons. The molecule has 0 amide bonds. The van der Waals surface area contributed by atoms with Crippen molar-refractivity contribution in [3.63, 3.8) is 0 Å². The van der Waals surface area contributed by atoms with E-state index in [1.807, 2.05) is 37.2 Å². The Morgan fingerprint density at radius 3 is 2.72 bits per heavy atom. The Labute approximate surface area is 145 Å². The van der Waals surface area contributed by atoms with Crippen molar-refractivity contribution < 1.29 is 4.52 Å². The van der Waals surface area contributed by atoms with Crippen LogP contribution in [0.15, 0.2) is 41.3 Å². The van der Waals surface area contributed by atoms with Gasteiger partial charge in [-0.05, 0) is 31.0 Å². The normalized spacial score (nSPS) is 17.0. The summed E-state index contributed by atoms with van der Waals surface area (Å²) < 4.78 is 5.54. The fourth-order valence-electron chi connectivity index (χ4n) is 2.97. The lowest BCUT2D eigenvalue weighted by Crippen LogP contribution is -2.24. The fourth-order valence-corrected chi connectivity index (χ4v) is 2.97. The molecule has 3 aromatic rings. The number of pyridine rings is 1. The minimum atomic E-state index is 0.0117. The maximum Gasteiger partial charge on any atom is 0.249 e. The van der Waals surface area contributed by atoms with Crippen molar-refractivity contribution in [2.24, 2.45) is 0 Å². The fraction of sp³-hybridized carbons (Fsp3) is 0.353. The summed E-state index contributed by atoms with van der Waals surface area (Å²) in [4.78, 5) is 21.7. The van der Waals surface area contributed by atoms with E-state index in [0.717, 1.165) is 30.8 Å². The number of aromatic nitrogens is 5. The first-order chi connectivity index (χ1) is 12.2. The highest BCUT2D eigenvalue weighted by Crippen LogP contribution is 2.34. The zero-order valence-electron chi connectivity index (χ0n) is 14.2. The Morgan fingerprint density at radius 2 is 2.00 bits per heavy atom. The summed E-state index contributed by atoms with van der Waals surface area (Å²) in [5, 5.41) is 4.13. The van der Waals surface area contributed by atoms with E-state index < -0.39 is 0 Å². The van der Waals surface area contributed by atoms with Crippen molar-refractivity contribution in [3.8, 4) is 11.4 Å². The van der Waals surface area contributed by atoms with Crippen LogP contribution in [0.2, 0.25) is 0 Å². The molecule has 4 heterocycles. The summed E-state index contributed by atoms with van der Waals surface area (Å²) in [5.74, 6) is 2.72. The van der Waals surface area contributed by atoms with Gasteiger partial charge in [0.15, 0.2) is 0 Å². The Kier molecular flexibility index (Phi) is 4.01. The molecule has 1 unspecified atom stereocenters. The molecule has 1 saturated heterocycles. The summed E-state index contributed by atoms with van der Waals surface area (Å²) in [7, 11) is 3.91. The molecule has 128 valence electrons. The highest BCUT2D eigenvalue weighted by atomic mass is 16.5. The minimum Gasteiger partial charge on any atom is -0.363 e. The maximum absolute atomic E-state index is 5.54. The third kappa shape index (κ3) is 3.02. The summed E-state index contributed by atoms with van der Waals surface area (Å²) in [6, 6.07) is 5.70. The molecule has 0 N–H and O–H groups in total. The van der Waals surface area contributed by atoms with Crippen LogP contribution in [0.25, 0.3) is 11.4 Å². The van der Waals surface area contributed by atoms with Gasteiger partial charge < -0.3 is 14.3 Å². The second-order valence-electron chi connectivity index (χ2n) is 6.16. The number of hydrogen-bond donors (Lipinski definition) is 0. The predicted molar refractivity (Wildman–Crippen MR) is 93.2 cm³/mol. The summed E-state index contributed by atoms with van der Waals surface area (Å²) in [5.41, 5.74) is 0.834. The van der Waals surface area contributed by atoms with Crippen LogP contribution in [0.1, 0.15) is 24.8 Å². The summed E-state index contributed by atoms with van der Waals surface area (Å²) >= 11 is 0. The molecule has 0 aromatic carbocycles. The molecule has 4 rings (SSSR count). The van der Waals surface area contributed by atoms with Crippen LogP contribution in [-0.2, 0) is 0 Å². The van der Waals surface area contributed by atoms with Gasteiger partial charge in [0.25, 0.3) is 0 Å². The SMILES string of the molecule is CN(C)c1ccc(-c2noc(C3CCCN3c3ncccn3)n2)cn1. The molecule has 25 heavy (non-hydrogen) atoms. The van der Waals surface area contributed by atoms with Gasteiger partial charge in [-0.1, -0.05) is 5.16 Å². The molecule has 3 aromatic heterocycles. The topological polar surface area (TPSA) is 84.1 Å². The van der Waals surface area contributed by atoms with Crippen molar-refractivity contribution in [3.05, 3.63) is 42.7 Å². The number of nitrogens with zero attached hydrogens (tertiary/aromatic N) is 7. The average molecular weight is 337 g/mol. The Morgan fingerprint density at radius 1 is 1.16 bits per heavy atom. The third-order valence-corrected chi connectivity index (χ3v) is 4.25. The van der Waals surface area contributed by atoms with Gasteiger partial charge in [-0.15, -0.1) is 0 Å². The van der Waals surface area contributed by atoms with E-state index in [4.69, 9.17) is 4.52 Å². The van der Waals surface area contributed by atoms with Crippen molar-refractivity contribution in [2.45, 2.75) is 18.9 Å². The van der Waals surface area contributed by atoms with E-state index in [1.54, 1.807) is 18.6 Å². The largest absolute Gasteiger partial charge is 0.363 e. The van der Waals surface area contributed by atoms with E-state index in [1.165, 1.54) is 0 Å². The first kappa shape index (κ1) is 15.5. The lowest BCUT2D eigenvalue weighted by Gasteiger charge is -2.21. The van der Waals surface area contributed by atoms with Crippen LogP contribution in [0, 0.1) is 0 Å². The zero-order chi connectivity index (χ0) is 17.2. The highest BCUT2D eigenvalue weighted by Gasteiger charge is 2.32. The van der Waals surface area contributed by atoms with Crippen LogP contribution in [0.3, 0.4) is 0 Å². The predicted octanol–water partition coefficient (Wildman–Crippen LogP) is 2.33. The maximum atomic E-state index is 5.54. The first-order valence-corrected chi connectivity index (χ1v) is 8.23. The molecule has 0 bridgehead atoms. The number of rotatable bonds is 4. The van der Waals surface area contributed by atoms with Crippen molar-refractivity contribution in [1.82, 2.24) is 25.1 Å². The van der Waals surface area contributed by atoms with Gasteiger partial charge in [0, 0.05) is 44.8 Å². The quantitative estimate of drug-likeness (QED) is 0.717. The molecular formula is C17H19N7O. The van der Waals surface area contributed by atoms with Gasteiger partial charge in [-0.3, -0.25) is 0 Å². The van der Waals surface area contributed by atoms with E-state index in [9.17, 15) is 0 Å². The van der Waals surface area contributed by atoms with E-state index >= 15 is 0 Å². The van der Waals surface area contributed by atoms with Crippen molar-refractivity contribution in [2.75, 3.05) is 30.4 Å². The Bertz CT molecular complexity index is 832. The van der Waals surface area contributed by atoms with Gasteiger partial charge >= 0.3 is 0 Å². The van der Waals surface area contributed by atoms with E-state index in [0.29, 0.717) is 17.7 Å². The lowest BCUT2D eigenvalue weighted by molar-refractivity contribution is 0.354. The average Bonchev–Trinajstić information content (AvgIpc) is 3.32. The number of hydrogen-bond acceptors (Lipinski definition) is 8. The van der Waals surface area contributed by atoms with Gasteiger partial charge in [-0.2, -0.15) is 4.98 Å². The number of anilines is 2. The Hall–Kier alpha value is -3.03. The van der Waals surface area contributed by atoms with Gasteiger partial charge in [0.2, 0.25) is 17.7 Å². The molecule has 0 aliphatic carbocycles. The van der Waals surface area contributed by atoms with Crippen LogP contribution in [0.5, 0.6) is 0 Å². The van der Waals surface area contributed by atoms with Gasteiger partial charge in [0.1, 0.15) is 11.9 Å². The molecule has 1 atom stereocenters. The summed E-state index contributed by atoms with van der Waals surface area (Å²) in [6.45, 7) is 0.880. The van der Waals surface area contributed by atoms with Crippen LogP contribution in [0.4, 0.5) is 11.8 Å². The lowest BCUT2D eigenvalue weighted by atomic mass is 10.2. The van der Waals surface area contributed by atoms with Gasteiger partial charge in [-0.25, -0.2) is 15.0 Å². The molecule has 0 spiro atoms. The summed E-state index contributed by atoms with van der Waals surface area (Å²) in [6.07, 6.45) is 7.23. The molecule has 8 heteroatoms. The Balaban J connectivity index is 1.58. The zero-order valence-corrected chi connectivity index (χ0v) is 14.2. The molecule has 1 fully saturated rings. The van der Waals surface area contributed by atoms with E-state index in [-0.39, 0.29) is 6.04 Å². The molecule has 1 aliphatic rings. The first-order valence-electron chi connectivity index (χ1n) is 8.23.